The van der Waals surface area contributed by atoms with Gasteiger partial charge in [-0.3, -0.25) is 0 Å². The summed E-state index contributed by atoms with van der Waals surface area (Å²) in [7, 11) is 0. The number of hydrogen-bond acceptors (Lipinski definition) is 2. The van der Waals surface area contributed by atoms with Crippen LogP contribution in [-0.4, -0.2) is 6.61 Å². The molecule has 2 aromatic rings. The smallest absolute Gasteiger partial charge is 0.124 e. The highest BCUT2D eigenvalue weighted by atomic mass is 16.5. The van der Waals surface area contributed by atoms with Gasteiger partial charge in [-0.05, 0) is 49.9 Å². The van der Waals surface area contributed by atoms with E-state index in [0.29, 0.717) is 12.6 Å². The average Bonchev–Trinajstić information content (AvgIpc) is 2.89. The van der Waals surface area contributed by atoms with Crippen LogP contribution in [0.25, 0.3) is 0 Å². The van der Waals surface area contributed by atoms with Gasteiger partial charge in [0.2, 0.25) is 0 Å². The van der Waals surface area contributed by atoms with Crippen molar-refractivity contribution in [2.75, 3.05) is 11.9 Å². The van der Waals surface area contributed by atoms with Crippen molar-refractivity contribution in [3.05, 3.63) is 58.7 Å². The molecule has 1 aliphatic heterocycles. The fourth-order valence-corrected chi connectivity index (χ4v) is 2.93. The second-order valence-electron chi connectivity index (χ2n) is 5.41. The largest absolute Gasteiger partial charge is 0.494 e. The molecule has 0 amide bonds. The predicted octanol–water partition coefficient (Wildman–Crippen LogP) is 4.41. The van der Waals surface area contributed by atoms with E-state index in [9.17, 15) is 0 Å². The fourth-order valence-electron chi connectivity index (χ4n) is 2.93. The Kier molecular flexibility index (Phi) is 3.39. The van der Waals surface area contributed by atoms with Gasteiger partial charge in [0.15, 0.2) is 0 Å². The van der Waals surface area contributed by atoms with E-state index in [1.807, 2.05) is 13.0 Å². The first kappa shape index (κ1) is 13.0. The monoisotopic (exact) mass is 267 g/mol. The summed E-state index contributed by atoms with van der Waals surface area (Å²) in [5.41, 5.74) is 6.67. The Hall–Kier alpha value is -1.96. The molecule has 0 spiro atoms. The molecule has 1 N–H and O–H groups in total. The zero-order valence-electron chi connectivity index (χ0n) is 12.4. The van der Waals surface area contributed by atoms with Crippen LogP contribution in [0, 0.1) is 13.8 Å². The Balaban J connectivity index is 1.94. The zero-order chi connectivity index (χ0) is 14.1. The van der Waals surface area contributed by atoms with Crippen molar-refractivity contribution in [3.63, 3.8) is 0 Å². The van der Waals surface area contributed by atoms with E-state index in [0.717, 1.165) is 12.2 Å². The van der Waals surface area contributed by atoms with E-state index in [1.165, 1.54) is 27.9 Å². The number of fused-ring (bicyclic) bond motifs is 1. The molecule has 0 aliphatic carbocycles. The summed E-state index contributed by atoms with van der Waals surface area (Å²) in [5.74, 6) is 0.995. The number of para-hydroxylation sites is 1. The minimum atomic E-state index is 0.313. The van der Waals surface area contributed by atoms with Crippen LogP contribution in [0.3, 0.4) is 0 Å². The van der Waals surface area contributed by atoms with Crippen LogP contribution >= 0.6 is 0 Å². The number of ether oxygens (including phenoxy) is 1. The molecule has 20 heavy (non-hydrogen) atoms. The highest BCUT2D eigenvalue weighted by Crippen LogP contribution is 2.40. The normalized spacial score (nSPS) is 16.6. The number of aryl methyl sites for hydroxylation is 1. The maximum absolute atomic E-state index is 5.76. The van der Waals surface area contributed by atoms with Gasteiger partial charge in [0, 0.05) is 11.3 Å². The molecule has 0 bridgehead atoms. The van der Waals surface area contributed by atoms with Gasteiger partial charge in [0.1, 0.15) is 5.75 Å². The van der Waals surface area contributed by atoms with Crippen molar-refractivity contribution in [2.24, 2.45) is 0 Å². The molecule has 2 heteroatoms. The first-order valence-electron chi connectivity index (χ1n) is 7.28. The third kappa shape index (κ3) is 2.15. The lowest BCUT2D eigenvalue weighted by Gasteiger charge is -2.17. The first-order valence-corrected chi connectivity index (χ1v) is 7.28. The molecule has 0 saturated heterocycles. The van der Waals surface area contributed by atoms with Gasteiger partial charge in [-0.1, -0.05) is 30.3 Å². The molecule has 104 valence electrons. The van der Waals surface area contributed by atoms with E-state index < -0.39 is 0 Å². The average molecular weight is 267 g/mol. The van der Waals surface area contributed by atoms with Crippen LogP contribution in [-0.2, 0) is 6.42 Å². The van der Waals surface area contributed by atoms with Crippen molar-refractivity contribution in [1.29, 1.82) is 0 Å². The zero-order valence-corrected chi connectivity index (χ0v) is 12.4. The number of rotatable bonds is 3. The summed E-state index contributed by atoms with van der Waals surface area (Å²) in [6.07, 6.45) is 1.03. The summed E-state index contributed by atoms with van der Waals surface area (Å²) in [4.78, 5) is 0. The highest BCUT2D eigenvalue weighted by Gasteiger charge is 2.25. The molecule has 3 rings (SSSR count). The highest BCUT2D eigenvalue weighted by molar-refractivity contribution is 5.65. The Morgan fingerprint density at radius 2 is 1.95 bits per heavy atom. The summed E-state index contributed by atoms with van der Waals surface area (Å²) in [5, 5.41) is 3.68. The van der Waals surface area contributed by atoms with Crippen LogP contribution in [0.2, 0.25) is 0 Å². The number of benzene rings is 2. The molecular formula is C18H21NO. The lowest BCUT2D eigenvalue weighted by molar-refractivity contribution is 0.335. The Morgan fingerprint density at radius 3 is 2.75 bits per heavy atom. The van der Waals surface area contributed by atoms with Gasteiger partial charge in [-0.15, -0.1) is 0 Å². The van der Waals surface area contributed by atoms with E-state index in [-0.39, 0.29) is 0 Å². The molecule has 1 atom stereocenters. The maximum atomic E-state index is 5.76. The summed E-state index contributed by atoms with van der Waals surface area (Å²) in [6.45, 7) is 7.09. The third-order valence-electron chi connectivity index (χ3n) is 4.16. The predicted molar refractivity (Wildman–Crippen MR) is 83.6 cm³/mol. The molecule has 0 saturated carbocycles. The van der Waals surface area contributed by atoms with Crippen molar-refractivity contribution in [2.45, 2.75) is 33.2 Å². The molecule has 0 radical (unpaired) electrons. The Labute approximate surface area is 120 Å². The molecular weight excluding hydrogens is 246 g/mol. The van der Waals surface area contributed by atoms with Gasteiger partial charge in [0.05, 0.1) is 12.6 Å². The molecule has 0 aromatic heterocycles. The number of hydrogen-bond donors (Lipinski definition) is 1. The van der Waals surface area contributed by atoms with Gasteiger partial charge in [0.25, 0.3) is 0 Å². The lowest BCUT2D eigenvalue weighted by atomic mass is 10.00. The van der Waals surface area contributed by atoms with Crippen molar-refractivity contribution < 1.29 is 4.74 Å². The van der Waals surface area contributed by atoms with Crippen LogP contribution in [0.15, 0.2) is 36.4 Å². The molecule has 2 nitrogen and oxygen atoms in total. The minimum Gasteiger partial charge on any atom is -0.494 e. The molecule has 1 aliphatic rings. The topological polar surface area (TPSA) is 21.3 Å². The summed E-state index contributed by atoms with van der Waals surface area (Å²) < 4.78 is 5.76. The standard InChI is InChI=1S/C18H21NO/c1-4-20-17-8-6-5-7-15(17)16-11-14-10-9-12(2)13(3)18(14)19-16/h5-10,16,19H,4,11H2,1-3H3. The SMILES string of the molecule is CCOc1ccccc1C1Cc2ccc(C)c(C)c2N1. The van der Waals surface area contributed by atoms with E-state index in [1.54, 1.807) is 0 Å². The quantitative estimate of drug-likeness (QED) is 0.889. The van der Waals surface area contributed by atoms with Crippen molar-refractivity contribution in [1.82, 2.24) is 0 Å². The van der Waals surface area contributed by atoms with Crippen molar-refractivity contribution in [3.8, 4) is 5.75 Å². The van der Waals surface area contributed by atoms with Crippen molar-refractivity contribution >= 4 is 5.69 Å². The molecule has 1 heterocycles. The number of nitrogens with one attached hydrogen (secondary N) is 1. The fraction of sp³-hybridized carbons (Fsp3) is 0.333. The molecule has 0 fully saturated rings. The second kappa shape index (κ2) is 5.20. The van der Waals surface area contributed by atoms with E-state index in [2.05, 4.69) is 49.5 Å². The van der Waals surface area contributed by atoms with Gasteiger partial charge < -0.3 is 10.1 Å². The third-order valence-corrected chi connectivity index (χ3v) is 4.16. The van der Waals surface area contributed by atoms with Gasteiger partial charge in [-0.2, -0.15) is 0 Å². The van der Waals surface area contributed by atoms with Crippen LogP contribution in [0.1, 0.15) is 35.2 Å². The lowest BCUT2D eigenvalue weighted by Crippen LogP contribution is -2.08. The summed E-state index contributed by atoms with van der Waals surface area (Å²) in [6, 6.07) is 13.1. The Bertz CT molecular complexity index is 633. The van der Waals surface area contributed by atoms with Gasteiger partial charge >= 0.3 is 0 Å². The second-order valence-corrected chi connectivity index (χ2v) is 5.41. The Morgan fingerprint density at radius 1 is 1.15 bits per heavy atom. The van der Waals surface area contributed by atoms with E-state index in [4.69, 9.17) is 4.74 Å². The van der Waals surface area contributed by atoms with Crippen LogP contribution in [0.4, 0.5) is 5.69 Å². The summed E-state index contributed by atoms with van der Waals surface area (Å²) >= 11 is 0. The maximum Gasteiger partial charge on any atom is 0.124 e. The first-order chi connectivity index (χ1) is 9.70. The minimum absolute atomic E-state index is 0.313. The molecule has 1 unspecified atom stereocenters. The molecule has 2 aromatic carbocycles. The van der Waals surface area contributed by atoms with Crippen LogP contribution < -0.4 is 10.1 Å². The van der Waals surface area contributed by atoms with Crippen LogP contribution in [0.5, 0.6) is 5.75 Å². The van der Waals surface area contributed by atoms with E-state index >= 15 is 0 Å². The van der Waals surface area contributed by atoms with Gasteiger partial charge in [-0.25, -0.2) is 0 Å². The number of anilines is 1.